The van der Waals surface area contributed by atoms with Gasteiger partial charge in [-0.15, -0.1) is 0 Å². The predicted molar refractivity (Wildman–Crippen MR) is 114 cm³/mol. The minimum atomic E-state index is -3.62. The Hall–Kier alpha value is -2.50. The standard InChI is InChI=1S/C18H23N5O4S2/c1-2-19-18(25)22-14-5-3-4-13(10-14)21-17(24)16-11-15(12-20-16)29(26,27)23-6-8-28-9-7-23/h3-5,10-12,20H,2,6-9H2,1H3,(H,21,24)(H2,19,22,25). The summed E-state index contributed by atoms with van der Waals surface area (Å²) < 4.78 is 26.8. The number of sulfonamides is 1. The summed E-state index contributed by atoms with van der Waals surface area (Å²) in [5, 5.41) is 7.97. The molecule has 9 nitrogen and oxygen atoms in total. The quantitative estimate of drug-likeness (QED) is 0.551. The monoisotopic (exact) mass is 437 g/mol. The van der Waals surface area contributed by atoms with Crippen molar-refractivity contribution in [2.45, 2.75) is 11.8 Å². The molecule has 1 aromatic carbocycles. The van der Waals surface area contributed by atoms with E-state index in [2.05, 4.69) is 20.9 Å². The van der Waals surface area contributed by atoms with Crippen molar-refractivity contribution in [1.29, 1.82) is 0 Å². The number of rotatable bonds is 6. The molecule has 29 heavy (non-hydrogen) atoms. The molecule has 0 atom stereocenters. The molecule has 1 aromatic heterocycles. The van der Waals surface area contributed by atoms with E-state index in [-0.39, 0.29) is 16.6 Å². The largest absolute Gasteiger partial charge is 0.356 e. The summed E-state index contributed by atoms with van der Waals surface area (Å²) in [6, 6.07) is 7.66. The van der Waals surface area contributed by atoms with Crippen LogP contribution in [-0.4, -0.2) is 60.8 Å². The lowest BCUT2D eigenvalue weighted by atomic mass is 10.2. The summed E-state index contributed by atoms with van der Waals surface area (Å²) in [6.45, 7) is 3.23. The number of H-pyrrole nitrogens is 1. The van der Waals surface area contributed by atoms with E-state index >= 15 is 0 Å². The first-order valence-corrected chi connectivity index (χ1v) is 11.7. The van der Waals surface area contributed by atoms with E-state index in [1.54, 1.807) is 36.0 Å². The Labute approximate surface area is 173 Å². The van der Waals surface area contributed by atoms with Gasteiger partial charge < -0.3 is 20.9 Å². The smallest absolute Gasteiger partial charge is 0.319 e. The fourth-order valence-corrected chi connectivity index (χ4v) is 5.37. The van der Waals surface area contributed by atoms with E-state index < -0.39 is 15.9 Å². The molecule has 0 radical (unpaired) electrons. The lowest BCUT2D eigenvalue weighted by Gasteiger charge is -2.24. The molecule has 2 heterocycles. The van der Waals surface area contributed by atoms with Gasteiger partial charge in [0.2, 0.25) is 10.0 Å². The molecule has 2 aromatic rings. The van der Waals surface area contributed by atoms with Gasteiger partial charge in [0.25, 0.3) is 5.91 Å². The van der Waals surface area contributed by atoms with Gasteiger partial charge in [0.05, 0.1) is 0 Å². The molecule has 11 heteroatoms. The summed E-state index contributed by atoms with van der Waals surface area (Å²) in [6.07, 6.45) is 1.33. The number of carbonyl (C=O) groups excluding carboxylic acids is 2. The Bertz CT molecular complexity index is 984. The van der Waals surface area contributed by atoms with Crippen molar-refractivity contribution in [2.24, 2.45) is 0 Å². The third-order valence-corrected chi connectivity index (χ3v) is 7.04. The molecular formula is C18H23N5O4S2. The van der Waals surface area contributed by atoms with Gasteiger partial charge in [0.15, 0.2) is 0 Å². The van der Waals surface area contributed by atoms with Crippen LogP contribution in [0.1, 0.15) is 17.4 Å². The van der Waals surface area contributed by atoms with Crippen LogP contribution in [0.15, 0.2) is 41.4 Å². The van der Waals surface area contributed by atoms with Crippen LogP contribution in [0.3, 0.4) is 0 Å². The third kappa shape index (κ3) is 5.31. The Morgan fingerprint density at radius 2 is 1.83 bits per heavy atom. The summed E-state index contributed by atoms with van der Waals surface area (Å²) in [5.74, 6) is 1.05. The highest BCUT2D eigenvalue weighted by molar-refractivity contribution is 7.99. The average Bonchev–Trinajstić information content (AvgIpc) is 3.20. The summed E-state index contributed by atoms with van der Waals surface area (Å²) in [5.41, 5.74) is 1.12. The fraction of sp³-hybridized carbons (Fsp3) is 0.333. The first-order valence-electron chi connectivity index (χ1n) is 9.12. The van der Waals surface area contributed by atoms with Crippen molar-refractivity contribution < 1.29 is 18.0 Å². The van der Waals surface area contributed by atoms with Crippen LogP contribution in [0.25, 0.3) is 0 Å². The van der Waals surface area contributed by atoms with Crippen LogP contribution < -0.4 is 16.0 Å². The molecule has 1 aliphatic heterocycles. The van der Waals surface area contributed by atoms with Crippen molar-refractivity contribution >= 4 is 45.1 Å². The van der Waals surface area contributed by atoms with Crippen molar-refractivity contribution in [2.75, 3.05) is 41.8 Å². The molecule has 0 bridgehead atoms. The van der Waals surface area contributed by atoms with Crippen molar-refractivity contribution in [3.63, 3.8) is 0 Å². The Balaban J connectivity index is 1.68. The number of aromatic nitrogens is 1. The van der Waals surface area contributed by atoms with Gasteiger partial charge in [-0.1, -0.05) is 6.07 Å². The number of carbonyl (C=O) groups is 2. The highest BCUT2D eigenvalue weighted by Crippen LogP contribution is 2.22. The van der Waals surface area contributed by atoms with E-state index in [1.807, 2.05) is 6.92 Å². The topological polar surface area (TPSA) is 123 Å². The molecule has 3 rings (SSSR count). The Kier molecular flexibility index (Phi) is 6.83. The molecule has 1 saturated heterocycles. The molecule has 0 saturated carbocycles. The first-order chi connectivity index (χ1) is 13.9. The first kappa shape index (κ1) is 21.2. The molecular weight excluding hydrogens is 414 g/mol. The van der Waals surface area contributed by atoms with Crippen LogP contribution in [0, 0.1) is 0 Å². The number of anilines is 2. The number of aromatic amines is 1. The number of hydrogen-bond donors (Lipinski definition) is 4. The van der Waals surface area contributed by atoms with E-state index in [9.17, 15) is 18.0 Å². The van der Waals surface area contributed by atoms with Gasteiger partial charge in [0, 0.05) is 48.7 Å². The molecule has 0 spiro atoms. The van der Waals surface area contributed by atoms with E-state index in [0.717, 1.165) is 11.5 Å². The van der Waals surface area contributed by atoms with E-state index in [4.69, 9.17) is 0 Å². The summed E-state index contributed by atoms with van der Waals surface area (Å²) in [4.78, 5) is 26.9. The van der Waals surface area contributed by atoms with Crippen molar-refractivity contribution in [3.05, 3.63) is 42.2 Å². The van der Waals surface area contributed by atoms with Crippen LogP contribution in [0.5, 0.6) is 0 Å². The highest BCUT2D eigenvalue weighted by Gasteiger charge is 2.27. The maximum Gasteiger partial charge on any atom is 0.319 e. The minimum Gasteiger partial charge on any atom is -0.356 e. The van der Waals surface area contributed by atoms with Gasteiger partial charge in [-0.3, -0.25) is 4.79 Å². The van der Waals surface area contributed by atoms with Gasteiger partial charge in [-0.2, -0.15) is 16.1 Å². The van der Waals surface area contributed by atoms with E-state index in [1.165, 1.54) is 16.6 Å². The van der Waals surface area contributed by atoms with Gasteiger partial charge >= 0.3 is 6.03 Å². The van der Waals surface area contributed by atoms with E-state index in [0.29, 0.717) is 31.0 Å². The minimum absolute atomic E-state index is 0.0706. The van der Waals surface area contributed by atoms with Crippen molar-refractivity contribution in [1.82, 2.24) is 14.6 Å². The van der Waals surface area contributed by atoms with Crippen molar-refractivity contribution in [3.8, 4) is 0 Å². The lowest BCUT2D eigenvalue weighted by molar-refractivity contribution is 0.102. The molecule has 0 aliphatic carbocycles. The van der Waals surface area contributed by atoms with Crippen LogP contribution >= 0.6 is 11.8 Å². The van der Waals surface area contributed by atoms with Crippen LogP contribution in [-0.2, 0) is 10.0 Å². The molecule has 0 unspecified atom stereocenters. The zero-order chi connectivity index (χ0) is 20.9. The molecule has 4 N–H and O–H groups in total. The molecule has 1 fully saturated rings. The Morgan fingerprint density at radius 1 is 1.14 bits per heavy atom. The maximum atomic E-state index is 12.7. The summed E-state index contributed by atoms with van der Waals surface area (Å²) in [7, 11) is -3.62. The van der Waals surface area contributed by atoms with Gasteiger partial charge in [-0.05, 0) is 31.2 Å². The van der Waals surface area contributed by atoms with Crippen LogP contribution in [0.2, 0.25) is 0 Å². The predicted octanol–water partition coefficient (Wildman–Crippen LogP) is 2.15. The second kappa shape index (κ2) is 9.33. The normalized spacial score (nSPS) is 14.9. The number of benzene rings is 1. The number of hydrogen-bond acceptors (Lipinski definition) is 5. The number of thioether (sulfide) groups is 1. The zero-order valence-corrected chi connectivity index (χ0v) is 17.5. The zero-order valence-electron chi connectivity index (χ0n) is 15.9. The number of nitrogens with one attached hydrogen (secondary N) is 4. The fourth-order valence-electron chi connectivity index (χ4n) is 2.80. The third-order valence-electron chi connectivity index (χ3n) is 4.22. The highest BCUT2D eigenvalue weighted by atomic mass is 32.2. The molecule has 1 aliphatic rings. The molecule has 3 amide bonds. The lowest BCUT2D eigenvalue weighted by Crippen LogP contribution is -2.37. The SMILES string of the molecule is CCNC(=O)Nc1cccc(NC(=O)c2cc(S(=O)(=O)N3CCSCC3)c[nH]2)c1. The molecule has 156 valence electrons. The maximum absolute atomic E-state index is 12.7. The van der Waals surface area contributed by atoms with Gasteiger partial charge in [0.1, 0.15) is 10.6 Å². The number of urea groups is 1. The summed E-state index contributed by atoms with van der Waals surface area (Å²) >= 11 is 1.72. The van der Waals surface area contributed by atoms with Gasteiger partial charge in [-0.25, -0.2) is 13.2 Å². The number of nitrogens with zero attached hydrogens (tertiary/aromatic N) is 1. The second-order valence-electron chi connectivity index (χ2n) is 6.28. The average molecular weight is 438 g/mol. The Morgan fingerprint density at radius 3 is 2.52 bits per heavy atom. The number of amides is 3. The second-order valence-corrected chi connectivity index (χ2v) is 9.45. The van der Waals surface area contributed by atoms with Crippen LogP contribution in [0.4, 0.5) is 16.2 Å².